The van der Waals surface area contributed by atoms with Crippen LogP contribution in [0, 0.1) is 0 Å². The van der Waals surface area contributed by atoms with E-state index < -0.39 is 34.9 Å². The molecule has 88 heavy (non-hydrogen) atoms. The fourth-order valence-corrected chi connectivity index (χ4v) is 28.0. The monoisotopic (exact) mass is 1110 g/mol. The summed E-state index contributed by atoms with van der Waals surface area (Å²) in [7, 11) is 3.05. The van der Waals surface area contributed by atoms with Crippen molar-refractivity contribution >= 4 is 315 Å². The fraction of sp³-hybridized carbons (Fsp3) is 0.175. The molecule has 8 nitrogen and oxygen atoms in total. The summed E-state index contributed by atoms with van der Waals surface area (Å²) < 4.78 is 14.5. The Bertz CT molecular complexity index is 7470. The Balaban J connectivity index is 0.843. The van der Waals surface area contributed by atoms with Gasteiger partial charge < -0.3 is 14.4 Å². The van der Waals surface area contributed by atoms with E-state index in [1.807, 2.05) is 29.4 Å². The van der Waals surface area contributed by atoms with Gasteiger partial charge in [0.1, 0.15) is 12.1 Å². The van der Waals surface area contributed by atoms with Gasteiger partial charge in [-0.1, -0.05) is 25.7 Å². The van der Waals surface area contributed by atoms with E-state index in [1.165, 1.54) is 317 Å². The second kappa shape index (κ2) is 9.66. The van der Waals surface area contributed by atoms with Gasteiger partial charge in [-0.2, -0.15) is 0 Å². The van der Waals surface area contributed by atoms with E-state index in [4.69, 9.17) is 9.47 Å². The van der Waals surface area contributed by atoms with Crippen molar-refractivity contribution in [2.75, 3.05) is 14.2 Å². The summed E-state index contributed by atoms with van der Waals surface area (Å²) in [5, 5.41) is 77.1. The van der Waals surface area contributed by atoms with Gasteiger partial charge in [0, 0.05) is 25.2 Å². The topological polar surface area (TPSA) is 94.9 Å². The van der Waals surface area contributed by atoms with E-state index in [9.17, 15) is 4.79 Å². The molecule has 394 valence electrons. The van der Waals surface area contributed by atoms with Gasteiger partial charge in [-0.15, -0.1) is 0 Å². The number of carbonyl (C=O) groups is 4. The van der Waals surface area contributed by atoms with E-state index in [1.54, 1.807) is 15.3 Å². The van der Waals surface area contributed by atoms with Crippen LogP contribution in [0.2, 0.25) is 0 Å². The lowest BCUT2D eigenvalue weighted by Crippen LogP contribution is -2.59. The molecule has 2 heterocycles. The molecule has 0 radical (unpaired) electrons. The first-order chi connectivity index (χ1) is 43.5. The second-order valence-corrected chi connectivity index (χ2v) is 30.1. The van der Waals surface area contributed by atoms with Gasteiger partial charge in [0.05, 0.1) is 25.0 Å². The van der Waals surface area contributed by atoms with Crippen LogP contribution in [0.1, 0.15) is 78.4 Å². The maximum Gasteiger partial charge on any atom is 0.329 e. The molecule has 0 bridgehead atoms. The van der Waals surface area contributed by atoms with Crippen LogP contribution >= 0.6 is 0 Å². The number of esters is 2. The molecule has 1 aromatic heterocycles. The molecule has 0 N–H and O–H groups in total. The highest BCUT2D eigenvalue weighted by Crippen LogP contribution is 2.87. The zero-order valence-corrected chi connectivity index (χ0v) is 46.5. The SMILES string of the molecule is COC(=O)[C@@H]1N(C(=O)CCCCCCCCC(=O)n2cccc2)[C@H](C(=O)OC)C23c4c5c6c7c8c9c(c%10c%11c2c2c4c4c%12c5c5c6c6c8c8c%13c9c9c%10c%10c%11c%11c2c2c4c4c%12c%12c5c5c6c8c6c8c%13c9c9c%10c%10c%11c2c2c4c4c%12c5c6c5c8c9c%10c2c45)C713. The second-order valence-electron chi connectivity index (χ2n) is 30.1. The molecule has 4 aliphatic carbocycles. The Kier molecular flexibility index (Phi) is 4.18. The van der Waals surface area contributed by atoms with Crippen LogP contribution in [0.25, 0.3) is 291 Å². The van der Waals surface area contributed by atoms with E-state index in [0.29, 0.717) is 12.8 Å². The number of rotatable bonds is 11. The normalized spacial score (nSPS) is 21.9. The number of ether oxygens (including phenoxy) is 2. The first-order valence-electron chi connectivity index (χ1n) is 32.4. The zero-order valence-electron chi connectivity index (χ0n) is 46.5. The smallest absolute Gasteiger partial charge is 0.329 e. The van der Waals surface area contributed by atoms with Crippen LogP contribution in [-0.2, 0) is 34.7 Å². The summed E-state index contributed by atoms with van der Waals surface area (Å²) in [5.74, 6) is -0.976. The first-order valence-corrected chi connectivity index (χ1v) is 32.4. The van der Waals surface area contributed by atoms with Crippen molar-refractivity contribution in [1.29, 1.82) is 0 Å². The van der Waals surface area contributed by atoms with Crippen LogP contribution in [0.3, 0.4) is 0 Å². The highest BCUT2D eigenvalue weighted by molar-refractivity contribution is 6.82. The third kappa shape index (κ3) is 2.40. The summed E-state index contributed by atoms with van der Waals surface area (Å²) in [5.41, 5.74) is 2.21. The number of likely N-dealkylation sites (tertiary alicyclic amines) is 1. The predicted molar refractivity (Wildman–Crippen MR) is 354 cm³/mol. The van der Waals surface area contributed by atoms with Crippen molar-refractivity contribution in [3.8, 4) is 0 Å². The van der Waals surface area contributed by atoms with Gasteiger partial charge in [0.2, 0.25) is 11.8 Å². The molecule has 29 aromatic rings. The van der Waals surface area contributed by atoms with Crippen molar-refractivity contribution in [3.63, 3.8) is 0 Å². The minimum Gasteiger partial charge on any atom is -0.467 e. The number of hydrogen-bond donors (Lipinski definition) is 0. The van der Waals surface area contributed by atoms with E-state index in [2.05, 4.69) is 0 Å². The van der Waals surface area contributed by atoms with E-state index >= 15 is 14.4 Å². The van der Waals surface area contributed by atoms with Crippen LogP contribution in [0.4, 0.5) is 0 Å². The van der Waals surface area contributed by atoms with Crippen molar-refractivity contribution in [2.45, 2.75) is 74.3 Å². The molecule has 1 fully saturated rings. The molecule has 5 aliphatic rings. The van der Waals surface area contributed by atoms with Gasteiger partial charge in [-0.3, -0.25) is 14.2 Å². The Morgan fingerprint density at radius 3 is 0.670 bits per heavy atom. The Morgan fingerprint density at radius 2 is 0.466 bits per heavy atom. The molecule has 0 unspecified atom stereocenters. The molecule has 1 saturated heterocycles. The van der Waals surface area contributed by atoms with Crippen LogP contribution in [0.15, 0.2) is 24.5 Å². The summed E-state index contributed by atoms with van der Waals surface area (Å²) in [4.78, 5) is 64.9. The average molecular weight is 1110 g/mol. The number of aromatic nitrogens is 1. The molecule has 1 amide bonds. The Morgan fingerprint density at radius 1 is 0.284 bits per heavy atom. The maximum absolute atomic E-state index is 16.8. The third-order valence-electron chi connectivity index (χ3n) is 28.9. The summed E-state index contributed by atoms with van der Waals surface area (Å²) >= 11 is 0. The van der Waals surface area contributed by atoms with Crippen molar-refractivity contribution in [2.24, 2.45) is 0 Å². The summed E-state index contributed by atoms with van der Waals surface area (Å²) in [6.45, 7) is 0. The highest BCUT2D eigenvalue weighted by atomic mass is 16.5. The third-order valence-corrected chi connectivity index (χ3v) is 28.9. The minimum atomic E-state index is -1.28. The van der Waals surface area contributed by atoms with Crippen molar-refractivity contribution < 1.29 is 28.7 Å². The van der Waals surface area contributed by atoms with E-state index in [-0.39, 0.29) is 18.2 Å². The number of benzene rings is 18. The Hall–Kier alpha value is -10.2. The maximum atomic E-state index is 16.8. The van der Waals surface area contributed by atoms with Crippen molar-refractivity contribution in [1.82, 2.24) is 9.47 Å². The molecular formula is C80H28N2O6. The first kappa shape index (κ1) is 38.1. The average Bonchev–Trinajstić information content (AvgIpc) is 1.38. The number of hydrogen-bond acceptors (Lipinski definition) is 6. The predicted octanol–water partition coefficient (Wildman–Crippen LogP) is 18.5. The molecule has 2 atom stereocenters. The summed E-state index contributed by atoms with van der Waals surface area (Å²) in [6, 6.07) is 1.39. The molecule has 0 saturated carbocycles. The lowest BCUT2D eigenvalue weighted by molar-refractivity contribution is -0.159. The van der Waals surface area contributed by atoms with Gasteiger partial charge in [0.25, 0.3) is 0 Å². The molecule has 1 aliphatic heterocycles. The lowest BCUT2D eigenvalue weighted by atomic mass is 9.46. The number of amides is 1. The van der Waals surface area contributed by atoms with Gasteiger partial charge >= 0.3 is 11.9 Å². The molecule has 8 heteroatoms. The Labute approximate surface area is 485 Å². The fourth-order valence-electron chi connectivity index (χ4n) is 28.0. The minimum absolute atomic E-state index is 0.111. The van der Waals surface area contributed by atoms with Crippen LogP contribution in [0.5, 0.6) is 0 Å². The van der Waals surface area contributed by atoms with Gasteiger partial charge in [-0.05, 0) is 338 Å². The van der Waals surface area contributed by atoms with Crippen molar-refractivity contribution in [3.05, 3.63) is 46.8 Å². The molecule has 28 aromatic carbocycles. The molecule has 2 spiro atoms. The quantitative estimate of drug-likeness (QED) is 0.0727. The number of carbonyl (C=O) groups excluding carboxylic acids is 4. The number of nitrogens with zero attached hydrogens (tertiary/aromatic N) is 2. The van der Waals surface area contributed by atoms with Gasteiger partial charge in [0.15, 0.2) is 0 Å². The molecular weight excluding hydrogens is 1080 g/mol. The molecule has 34 rings (SSSR count). The number of methoxy groups -OCH3 is 2. The summed E-state index contributed by atoms with van der Waals surface area (Å²) in [6.07, 6.45) is 9.35. The van der Waals surface area contributed by atoms with Crippen LogP contribution < -0.4 is 0 Å². The highest BCUT2D eigenvalue weighted by Gasteiger charge is 2.83. The van der Waals surface area contributed by atoms with Gasteiger partial charge in [-0.25, -0.2) is 9.59 Å². The van der Waals surface area contributed by atoms with E-state index in [0.717, 1.165) is 32.1 Å². The lowest BCUT2D eigenvalue weighted by Gasteiger charge is -2.51. The number of unbranched alkanes of at least 4 members (excludes halogenated alkanes) is 5. The largest absolute Gasteiger partial charge is 0.467 e. The standard InChI is InChI=1S/C80H28N2O6/c1-87-77(85)75-79-71-63-55-45-35-27-19-17-18-21-25-23(19)31-39-33(25)43-37-29(21)30-22(18)26-24-20(17)28(27)36-42-32(24)40-34(26)44-38(30)48-47(37)57-51(43)61-53(39)59(49(55)41(31)35)67(71)69(61)73-65(57)66-58(48)52(44)62-54(40)60-50(42)56(46(36)45)64(63)72(79)68(60)70(62)74(66)80(73,79)76(78(86)88-2)82(75)16(84)12-8-6-4-3-5-7-11-15(83)81-13-9-10-14-81/h9-10,13-14,75-76H,3-8,11-12H2,1-2H3/t75-,76+,79?,80?. The van der Waals surface area contributed by atoms with Crippen LogP contribution in [-0.4, -0.2) is 59.5 Å². The zero-order chi connectivity index (χ0) is 55.0.